The van der Waals surface area contributed by atoms with Gasteiger partial charge in [0.15, 0.2) is 5.75 Å². The first-order chi connectivity index (χ1) is 7.62. The van der Waals surface area contributed by atoms with Crippen molar-refractivity contribution < 1.29 is 5.11 Å². The summed E-state index contributed by atoms with van der Waals surface area (Å²) in [4.78, 5) is 4.42. The summed E-state index contributed by atoms with van der Waals surface area (Å²) in [7, 11) is 0. The van der Waals surface area contributed by atoms with Crippen molar-refractivity contribution in [1.82, 2.24) is 0 Å². The Morgan fingerprint density at radius 1 is 0.688 bits per heavy atom. The van der Waals surface area contributed by atoms with Crippen molar-refractivity contribution in [3.63, 3.8) is 0 Å². The van der Waals surface area contributed by atoms with Crippen LogP contribution >= 0.6 is 47.0 Å². The van der Waals surface area contributed by atoms with E-state index in [1.807, 2.05) is 25.7 Å². The molecule has 0 amide bonds. The lowest BCUT2D eigenvalue weighted by Crippen LogP contribution is -1.91. The summed E-state index contributed by atoms with van der Waals surface area (Å²) < 4.78 is 0. The van der Waals surface area contributed by atoms with E-state index in [1.54, 1.807) is 47.0 Å². The highest BCUT2D eigenvalue weighted by molar-refractivity contribution is 8.04. The first-order valence-corrected chi connectivity index (χ1v) is 9.55. The maximum absolute atomic E-state index is 12.2. The van der Waals surface area contributed by atoms with Gasteiger partial charge < -0.3 is 0 Å². The normalized spacial score (nSPS) is 10.8. The van der Waals surface area contributed by atoms with Crippen molar-refractivity contribution in [1.29, 1.82) is 0 Å². The molecule has 0 spiro atoms. The van der Waals surface area contributed by atoms with E-state index in [4.69, 9.17) is 0 Å². The third-order valence-electron chi connectivity index (χ3n) is 2.32. The fourth-order valence-electron chi connectivity index (χ4n) is 1.56. The predicted octanol–water partition coefficient (Wildman–Crippen LogP) is 5.03. The van der Waals surface area contributed by atoms with Crippen LogP contribution in [0.15, 0.2) is 19.6 Å². The molecule has 0 saturated carbocycles. The van der Waals surface area contributed by atoms with Crippen LogP contribution in [0.1, 0.15) is 5.56 Å². The van der Waals surface area contributed by atoms with Gasteiger partial charge in [-0.15, -0.1) is 47.0 Å². The minimum atomic E-state index is 0.194. The van der Waals surface area contributed by atoms with Crippen molar-refractivity contribution in [2.24, 2.45) is 0 Å². The summed E-state index contributed by atoms with van der Waals surface area (Å²) in [5, 5.41) is 12.2. The number of thioether (sulfide) groups is 4. The van der Waals surface area contributed by atoms with Gasteiger partial charge in [-0.1, -0.05) is 0 Å². The predicted molar refractivity (Wildman–Crippen MR) is 78.4 cm³/mol. The Labute approximate surface area is 115 Å². The van der Waals surface area contributed by atoms with E-state index in [9.17, 15) is 5.11 Å². The maximum atomic E-state index is 12.2. The molecule has 0 aliphatic rings. The van der Waals surface area contributed by atoms with Crippen molar-refractivity contribution >= 4 is 47.0 Å². The van der Waals surface area contributed by atoms with Gasteiger partial charge in [0, 0.05) is 20.2 Å². The van der Waals surface area contributed by atoms with Gasteiger partial charge >= 0.3 is 0 Å². The molecule has 0 N–H and O–H groups in total. The van der Waals surface area contributed by atoms with E-state index in [1.165, 1.54) is 4.90 Å². The number of benzene rings is 1. The summed E-state index contributed by atoms with van der Waals surface area (Å²) in [6, 6.07) is 0. The first-order valence-electron chi connectivity index (χ1n) is 4.65. The maximum Gasteiger partial charge on any atom is 0.197 e. The average Bonchev–Trinajstić information content (AvgIpc) is 2.31. The Morgan fingerprint density at radius 3 is 1.44 bits per heavy atom. The Kier molecular flexibility index (Phi) is 5.77. The zero-order valence-corrected chi connectivity index (χ0v) is 13.3. The first kappa shape index (κ1) is 14.5. The van der Waals surface area contributed by atoms with Gasteiger partial charge in [0.2, 0.25) is 0 Å². The van der Waals surface area contributed by atoms with Crippen molar-refractivity contribution in [3.05, 3.63) is 5.56 Å². The molecule has 0 aliphatic carbocycles. The highest BCUT2D eigenvalue weighted by atomic mass is 32.2. The number of hydrogen-bond acceptors (Lipinski definition) is 4. The molecule has 1 rings (SSSR count). The highest BCUT2D eigenvalue weighted by Crippen LogP contribution is 2.48. The minimum absolute atomic E-state index is 0.194. The molecule has 0 aliphatic heterocycles. The van der Waals surface area contributed by atoms with E-state index >= 15 is 0 Å². The van der Waals surface area contributed by atoms with Crippen molar-refractivity contribution in [2.45, 2.75) is 26.5 Å². The molecule has 0 fully saturated rings. The summed E-state index contributed by atoms with van der Waals surface area (Å²) in [5.74, 6) is 0.194. The van der Waals surface area contributed by atoms with E-state index in [0.717, 1.165) is 20.2 Å². The molecule has 5 heteroatoms. The van der Waals surface area contributed by atoms with Crippen molar-refractivity contribution in [3.8, 4) is 5.75 Å². The Balaban J connectivity index is 3.61. The van der Waals surface area contributed by atoms with Gasteiger partial charge in [-0.2, -0.15) is 0 Å². The molecule has 0 saturated heterocycles. The van der Waals surface area contributed by atoms with Gasteiger partial charge in [-0.05, 0) is 31.9 Å². The molecule has 1 radical (unpaired) electrons. The fraction of sp³-hybridized carbons (Fsp3) is 0.455. The second-order valence-electron chi connectivity index (χ2n) is 3.09. The second-order valence-corrected chi connectivity index (χ2v) is 6.35. The minimum Gasteiger partial charge on any atom is -0.288 e. The molecule has 0 heterocycles. The summed E-state index contributed by atoms with van der Waals surface area (Å²) >= 11 is 6.62. The summed E-state index contributed by atoms with van der Waals surface area (Å²) in [6.07, 6.45) is 8.11. The Hall–Kier alpha value is 0.420. The van der Waals surface area contributed by atoms with Crippen molar-refractivity contribution in [2.75, 3.05) is 25.0 Å². The monoisotopic (exact) mass is 291 g/mol. The smallest absolute Gasteiger partial charge is 0.197 e. The topological polar surface area (TPSA) is 19.9 Å². The van der Waals surface area contributed by atoms with Crippen LogP contribution in [-0.4, -0.2) is 25.0 Å². The zero-order chi connectivity index (χ0) is 12.3. The lowest BCUT2D eigenvalue weighted by Gasteiger charge is -2.17. The SMILES string of the molecule is CSc1c(C)c([O])c(SC)c(SC)c1SC. The van der Waals surface area contributed by atoms with Crippen LogP contribution in [0.2, 0.25) is 0 Å². The molecule has 0 unspecified atom stereocenters. The third kappa shape index (κ3) is 2.47. The fourth-order valence-corrected chi connectivity index (χ4v) is 5.69. The largest absolute Gasteiger partial charge is 0.288 e. The molecule has 0 atom stereocenters. The van der Waals surface area contributed by atoms with E-state index in [-0.39, 0.29) is 5.75 Å². The lowest BCUT2D eigenvalue weighted by molar-refractivity contribution is 0.336. The molecule has 1 nitrogen and oxygen atoms in total. The molecule has 0 bridgehead atoms. The molecule has 1 aromatic rings. The average molecular weight is 292 g/mol. The van der Waals surface area contributed by atoms with Crippen LogP contribution in [0, 0.1) is 6.92 Å². The van der Waals surface area contributed by atoms with E-state index in [2.05, 4.69) is 6.26 Å². The summed E-state index contributed by atoms with van der Waals surface area (Å²) in [5.41, 5.74) is 0.888. The van der Waals surface area contributed by atoms with E-state index in [0.29, 0.717) is 0 Å². The van der Waals surface area contributed by atoms with Gasteiger partial charge in [0.25, 0.3) is 0 Å². The lowest BCUT2D eigenvalue weighted by atomic mass is 10.2. The molecule has 1 aromatic carbocycles. The van der Waals surface area contributed by atoms with Crippen LogP contribution in [0.4, 0.5) is 0 Å². The van der Waals surface area contributed by atoms with Gasteiger partial charge in [-0.25, -0.2) is 0 Å². The van der Waals surface area contributed by atoms with Crippen LogP contribution in [0.3, 0.4) is 0 Å². The van der Waals surface area contributed by atoms with E-state index < -0.39 is 0 Å². The second kappa shape index (κ2) is 6.38. The Morgan fingerprint density at radius 2 is 1.06 bits per heavy atom. The standard InChI is InChI=1S/C11H15OS4/c1-6-7(12)9(14-3)11(16-5)10(15-4)8(6)13-2/h1-5H3. The third-order valence-corrected chi connectivity index (χ3v) is 6.06. The van der Waals surface area contributed by atoms with Crippen LogP contribution < -0.4 is 0 Å². The number of rotatable bonds is 4. The summed E-state index contributed by atoms with van der Waals surface area (Å²) in [6.45, 7) is 1.93. The van der Waals surface area contributed by atoms with Crippen LogP contribution in [0.5, 0.6) is 5.75 Å². The van der Waals surface area contributed by atoms with Gasteiger partial charge in [0.05, 0.1) is 4.90 Å². The molecular formula is C11H15OS4. The van der Waals surface area contributed by atoms with Gasteiger partial charge in [0.1, 0.15) is 0 Å². The molecule has 89 valence electrons. The van der Waals surface area contributed by atoms with Crippen LogP contribution in [0.25, 0.3) is 0 Å². The number of hydrogen-bond donors (Lipinski definition) is 0. The zero-order valence-electron chi connectivity index (χ0n) is 10.0. The highest BCUT2D eigenvalue weighted by Gasteiger charge is 2.21. The Bertz CT molecular complexity index is 353. The molecule has 16 heavy (non-hydrogen) atoms. The quantitative estimate of drug-likeness (QED) is 0.725. The van der Waals surface area contributed by atoms with Crippen LogP contribution in [-0.2, 0) is 5.11 Å². The van der Waals surface area contributed by atoms with Gasteiger partial charge in [-0.3, -0.25) is 5.11 Å². The molecule has 0 aromatic heterocycles. The molecular weight excluding hydrogens is 276 g/mol.